The molecule has 0 spiro atoms. The quantitative estimate of drug-likeness (QED) is 0.759. The number of nitrogens with one attached hydrogen (secondary N) is 1. The first-order valence-electron chi connectivity index (χ1n) is 5.60. The van der Waals surface area contributed by atoms with E-state index in [1.165, 1.54) is 0 Å². The molecule has 4 nitrogen and oxygen atoms in total. The third-order valence-corrected chi connectivity index (χ3v) is 3.10. The lowest BCUT2D eigenvalue weighted by Crippen LogP contribution is -2.51. The summed E-state index contributed by atoms with van der Waals surface area (Å²) in [5.41, 5.74) is 5.13. The van der Waals surface area contributed by atoms with Crippen LogP contribution in [0.5, 0.6) is 0 Å². The Labute approximate surface area is 98.3 Å². The molecule has 0 aromatic rings. The van der Waals surface area contributed by atoms with Crippen molar-refractivity contribution in [2.24, 2.45) is 11.7 Å². The maximum Gasteiger partial charge on any atom is 0.393 e. The van der Waals surface area contributed by atoms with Crippen LogP contribution in [-0.2, 0) is 4.79 Å². The molecule has 1 heterocycles. The number of halogens is 3. The number of alkyl halides is 3. The Morgan fingerprint density at radius 2 is 2.24 bits per heavy atom. The van der Waals surface area contributed by atoms with Crippen LogP contribution in [0.15, 0.2) is 0 Å². The normalized spacial score (nSPS) is 24.6. The first kappa shape index (κ1) is 14.2. The fourth-order valence-electron chi connectivity index (χ4n) is 2.07. The van der Waals surface area contributed by atoms with E-state index in [2.05, 4.69) is 5.32 Å². The van der Waals surface area contributed by atoms with Crippen molar-refractivity contribution in [3.8, 4) is 0 Å². The maximum atomic E-state index is 12.6. The minimum Gasteiger partial charge on any atom is -0.368 e. The predicted molar refractivity (Wildman–Crippen MR) is 57.3 cm³/mol. The van der Waals surface area contributed by atoms with Gasteiger partial charge in [-0.3, -0.25) is 4.79 Å². The van der Waals surface area contributed by atoms with Crippen molar-refractivity contribution in [3.05, 3.63) is 0 Å². The van der Waals surface area contributed by atoms with E-state index in [4.69, 9.17) is 5.73 Å². The Kier molecular flexibility index (Phi) is 4.76. The van der Waals surface area contributed by atoms with Gasteiger partial charge in [0, 0.05) is 13.1 Å². The van der Waals surface area contributed by atoms with Gasteiger partial charge >= 0.3 is 6.18 Å². The molecule has 1 amide bonds. The summed E-state index contributed by atoms with van der Waals surface area (Å²) in [5.74, 6) is -1.83. The topological polar surface area (TPSA) is 58.4 Å². The zero-order valence-electron chi connectivity index (χ0n) is 9.76. The van der Waals surface area contributed by atoms with Crippen LogP contribution in [0, 0.1) is 5.92 Å². The molecule has 100 valence electrons. The van der Waals surface area contributed by atoms with Crippen molar-refractivity contribution in [2.45, 2.75) is 25.1 Å². The van der Waals surface area contributed by atoms with Crippen molar-refractivity contribution in [2.75, 3.05) is 26.7 Å². The Morgan fingerprint density at radius 1 is 1.59 bits per heavy atom. The molecular weight excluding hydrogens is 235 g/mol. The van der Waals surface area contributed by atoms with Crippen LogP contribution in [0.3, 0.4) is 0 Å². The highest BCUT2D eigenvalue weighted by molar-refractivity contribution is 5.80. The molecular formula is C10H18F3N3O. The van der Waals surface area contributed by atoms with Crippen LogP contribution in [0.4, 0.5) is 13.2 Å². The van der Waals surface area contributed by atoms with Gasteiger partial charge in [0.05, 0.1) is 12.0 Å². The molecule has 2 atom stereocenters. The average molecular weight is 253 g/mol. The summed E-state index contributed by atoms with van der Waals surface area (Å²) in [6.07, 6.45) is -3.49. The molecule has 1 aliphatic heterocycles. The summed E-state index contributed by atoms with van der Waals surface area (Å²) in [7, 11) is 1.57. The van der Waals surface area contributed by atoms with E-state index in [9.17, 15) is 18.0 Å². The molecule has 1 fully saturated rings. The Morgan fingerprint density at radius 3 is 2.71 bits per heavy atom. The number of likely N-dealkylation sites (N-methyl/N-ethyl adjacent to an activating group) is 1. The molecule has 1 rings (SSSR count). The van der Waals surface area contributed by atoms with Crippen molar-refractivity contribution in [1.29, 1.82) is 0 Å². The Bertz CT molecular complexity index is 270. The van der Waals surface area contributed by atoms with Crippen LogP contribution in [0.2, 0.25) is 0 Å². The molecule has 0 bridgehead atoms. The van der Waals surface area contributed by atoms with Gasteiger partial charge in [-0.05, 0) is 26.4 Å². The highest BCUT2D eigenvalue weighted by Gasteiger charge is 2.42. The largest absolute Gasteiger partial charge is 0.393 e. The lowest BCUT2D eigenvalue weighted by Gasteiger charge is -2.35. The van der Waals surface area contributed by atoms with Crippen LogP contribution in [0.25, 0.3) is 0 Å². The molecule has 0 aromatic heterocycles. The van der Waals surface area contributed by atoms with Gasteiger partial charge in [0.25, 0.3) is 0 Å². The average Bonchev–Trinajstić information content (AvgIpc) is 2.24. The van der Waals surface area contributed by atoms with Gasteiger partial charge in [0.2, 0.25) is 5.91 Å². The van der Waals surface area contributed by atoms with Crippen LogP contribution in [-0.4, -0.2) is 49.7 Å². The minimum absolute atomic E-state index is 0.0467. The molecule has 1 aliphatic rings. The number of nitrogens with zero attached hydrogens (tertiary/aromatic N) is 1. The van der Waals surface area contributed by atoms with Gasteiger partial charge < -0.3 is 16.0 Å². The molecule has 17 heavy (non-hydrogen) atoms. The van der Waals surface area contributed by atoms with E-state index >= 15 is 0 Å². The van der Waals surface area contributed by atoms with Gasteiger partial charge in [-0.2, -0.15) is 13.2 Å². The molecule has 3 N–H and O–H groups in total. The maximum absolute atomic E-state index is 12.6. The Balaban J connectivity index is 2.52. The lowest BCUT2D eigenvalue weighted by molar-refractivity contribution is -0.186. The Hall–Kier alpha value is -0.820. The fourth-order valence-corrected chi connectivity index (χ4v) is 2.07. The molecule has 2 unspecified atom stereocenters. The highest BCUT2D eigenvalue weighted by atomic mass is 19.4. The van der Waals surface area contributed by atoms with E-state index < -0.39 is 24.0 Å². The summed E-state index contributed by atoms with van der Waals surface area (Å²) in [4.78, 5) is 12.6. The number of nitrogens with two attached hydrogens (primary N) is 1. The second-order valence-corrected chi connectivity index (χ2v) is 4.38. The van der Waals surface area contributed by atoms with E-state index in [-0.39, 0.29) is 19.5 Å². The molecule has 7 heteroatoms. The SMILES string of the molecule is CNC(CN1CCCC(C(F)(F)F)C1)C(N)=O. The van der Waals surface area contributed by atoms with Crippen LogP contribution in [0.1, 0.15) is 12.8 Å². The summed E-state index contributed by atoms with van der Waals surface area (Å²) < 4.78 is 37.7. The van der Waals surface area contributed by atoms with Crippen molar-refractivity contribution < 1.29 is 18.0 Å². The molecule has 0 aromatic carbocycles. The number of rotatable bonds is 4. The zero-order chi connectivity index (χ0) is 13.1. The van der Waals surface area contributed by atoms with Crippen LogP contribution < -0.4 is 11.1 Å². The third kappa shape index (κ3) is 4.16. The number of hydrogen-bond acceptors (Lipinski definition) is 3. The molecule has 0 saturated carbocycles. The van der Waals surface area contributed by atoms with Crippen molar-refractivity contribution in [3.63, 3.8) is 0 Å². The van der Waals surface area contributed by atoms with E-state index in [1.54, 1.807) is 11.9 Å². The monoisotopic (exact) mass is 253 g/mol. The summed E-state index contributed by atoms with van der Waals surface area (Å²) in [5, 5.41) is 2.70. The van der Waals surface area contributed by atoms with Crippen LogP contribution >= 0.6 is 0 Å². The first-order valence-corrected chi connectivity index (χ1v) is 5.60. The van der Waals surface area contributed by atoms with Crippen molar-refractivity contribution >= 4 is 5.91 Å². The molecule has 1 saturated heterocycles. The fraction of sp³-hybridized carbons (Fsp3) is 0.900. The smallest absolute Gasteiger partial charge is 0.368 e. The van der Waals surface area contributed by atoms with E-state index in [1.807, 2.05) is 0 Å². The summed E-state index contributed by atoms with van der Waals surface area (Å²) in [6.45, 7) is 0.769. The minimum atomic E-state index is -4.15. The number of carbonyl (C=O) groups is 1. The number of amides is 1. The number of primary amides is 1. The van der Waals surface area contributed by atoms with Crippen molar-refractivity contribution in [1.82, 2.24) is 10.2 Å². The van der Waals surface area contributed by atoms with Gasteiger partial charge in [-0.25, -0.2) is 0 Å². The van der Waals surface area contributed by atoms with E-state index in [0.29, 0.717) is 13.0 Å². The lowest BCUT2D eigenvalue weighted by atomic mass is 9.97. The second-order valence-electron chi connectivity index (χ2n) is 4.38. The van der Waals surface area contributed by atoms with Gasteiger partial charge in [0.1, 0.15) is 0 Å². The predicted octanol–water partition coefficient (Wildman–Crippen LogP) is 0.334. The standard InChI is InChI=1S/C10H18F3N3O/c1-15-8(9(14)17)6-16-4-2-3-7(5-16)10(11,12)13/h7-8,15H,2-6H2,1H3,(H2,14,17). The zero-order valence-corrected chi connectivity index (χ0v) is 9.76. The van der Waals surface area contributed by atoms with Gasteiger partial charge in [-0.1, -0.05) is 0 Å². The van der Waals surface area contributed by atoms with E-state index in [0.717, 1.165) is 0 Å². The summed E-state index contributed by atoms with van der Waals surface area (Å²) >= 11 is 0. The highest BCUT2D eigenvalue weighted by Crippen LogP contribution is 2.32. The second kappa shape index (κ2) is 5.68. The van der Waals surface area contributed by atoms with Gasteiger partial charge in [-0.15, -0.1) is 0 Å². The molecule has 0 radical (unpaired) electrons. The number of piperidine rings is 1. The number of hydrogen-bond donors (Lipinski definition) is 2. The number of likely N-dealkylation sites (tertiary alicyclic amines) is 1. The number of carbonyl (C=O) groups excluding carboxylic acids is 1. The first-order chi connectivity index (χ1) is 7.84. The third-order valence-electron chi connectivity index (χ3n) is 3.10. The van der Waals surface area contributed by atoms with Gasteiger partial charge in [0.15, 0.2) is 0 Å². The summed E-state index contributed by atoms with van der Waals surface area (Å²) in [6, 6.07) is -0.595. The molecule has 0 aliphatic carbocycles.